The van der Waals surface area contributed by atoms with Gasteiger partial charge in [0.25, 0.3) is 0 Å². The van der Waals surface area contributed by atoms with Gasteiger partial charge in [-0.25, -0.2) is 13.8 Å². The lowest BCUT2D eigenvalue weighted by molar-refractivity contribution is -0.138. The van der Waals surface area contributed by atoms with Gasteiger partial charge in [0, 0.05) is 42.3 Å². The van der Waals surface area contributed by atoms with E-state index in [0.29, 0.717) is 31.1 Å². The number of fused-ring (bicyclic) bond motifs is 1. The maximum absolute atomic E-state index is 15.1. The third-order valence-corrected chi connectivity index (χ3v) is 7.79. The Bertz CT molecular complexity index is 1440. The highest BCUT2D eigenvalue weighted by Crippen LogP contribution is 2.45. The minimum Gasteiger partial charge on any atom is -0.481 e. The Kier molecular flexibility index (Phi) is 7.63. The minimum atomic E-state index is -4.63. The van der Waals surface area contributed by atoms with E-state index in [1.54, 1.807) is 24.5 Å². The SMILES string of the molecule is CSc1ccc(C(F)(F)F)cc1N1C(N2CCN(c3ccc(F)cc3)CC2)=Nc2c(F)cccc2C1CC(=O)O. The molecule has 0 aromatic heterocycles. The fourth-order valence-electron chi connectivity index (χ4n) is 5.09. The van der Waals surface area contributed by atoms with Gasteiger partial charge in [-0.2, -0.15) is 13.2 Å². The van der Waals surface area contributed by atoms with Crippen molar-refractivity contribution < 1.29 is 31.9 Å². The highest BCUT2D eigenvalue weighted by Gasteiger charge is 2.40. The first-order valence-electron chi connectivity index (χ1n) is 12.5. The molecule has 2 aliphatic heterocycles. The first kappa shape index (κ1) is 27.8. The summed E-state index contributed by atoms with van der Waals surface area (Å²) in [5.74, 6) is -2.02. The number of benzene rings is 3. The van der Waals surface area contributed by atoms with Crippen molar-refractivity contribution in [1.29, 1.82) is 0 Å². The molecule has 1 unspecified atom stereocenters. The number of nitrogens with zero attached hydrogens (tertiary/aromatic N) is 4. The summed E-state index contributed by atoms with van der Waals surface area (Å²) < 4.78 is 69.9. The van der Waals surface area contributed by atoms with Crippen LogP contribution < -0.4 is 9.80 Å². The summed E-state index contributed by atoms with van der Waals surface area (Å²) in [7, 11) is 0. The number of hydrogen-bond donors (Lipinski definition) is 1. The number of guanidine groups is 1. The number of halogens is 5. The van der Waals surface area contributed by atoms with Crippen LogP contribution in [0.15, 0.2) is 70.6 Å². The van der Waals surface area contributed by atoms with Crippen molar-refractivity contribution in [2.45, 2.75) is 23.5 Å². The van der Waals surface area contributed by atoms with Crippen molar-refractivity contribution in [3.8, 4) is 0 Å². The van der Waals surface area contributed by atoms with Gasteiger partial charge >= 0.3 is 12.1 Å². The van der Waals surface area contributed by atoms with Gasteiger partial charge in [0.2, 0.25) is 5.96 Å². The van der Waals surface area contributed by atoms with Gasteiger partial charge < -0.3 is 19.8 Å². The second-order valence-corrected chi connectivity index (χ2v) is 10.3. The summed E-state index contributed by atoms with van der Waals surface area (Å²) >= 11 is 1.22. The van der Waals surface area contributed by atoms with E-state index < -0.39 is 36.0 Å². The number of rotatable bonds is 5. The topological polar surface area (TPSA) is 59.4 Å². The van der Waals surface area contributed by atoms with Crippen LogP contribution in [-0.4, -0.2) is 54.4 Å². The van der Waals surface area contributed by atoms with Gasteiger partial charge in [0.05, 0.1) is 23.7 Å². The molecule has 210 valence electrons. The fraction of sp³-hybridized carbons (Fsp3) is 0.286. The molecule has 1 saturated heterocycles. The number of carbonyl (C=O) groups is 1. The van der Waals surface area contributed by atoms with Crippen LogP contribution in [0.1, 0.15) is 23.6 Å². The average molecular weight is 577 g/mol. The summed E-state index contributed by atoms with van der Waals surface area (Å²) in [4.78, 5) is 22.5. The molecule has 1 N–H and O–H groups in total. The Labute approximate surface area is 231 Å². The largest absolute Gasteiger partial charge is 0.481 e. The monoisotopic (exact) mass is 576 g/mol. The molecule has 0 amide bonds. The summed E-state index contributed by atoms with van der Waals surface area (Å²) in [6.45, 7) is 1.68. The van der Waals surface area contributed by atoms with Crippen molar-refractivity contribution in [2.24, 2.45) is 4.99 Å². The van der Waals surface area contributed by atoms with E-state index in [2.05, 4.69) is 4.99 Å². The molecule has 3 aromatic carbocycles. The lowest BCUT2D eigenvalue weighted by Gasteiger charge is -2.45. The molecule has 3 aromatic rings. The van der Waals surface area contributed by atoms with Crippen LogP contribution >= 0.6 is 11.8 Å². The molecule has 5 rings (SSSR count). The van der Waals surface area contributed by atoms with Gasteiger partial charge in [-0.15, -0.1) is 11.8 Å². The van der Waals surface area contributed by atoms with Gasteiger partial charge in [-0.05, 0) is 54.8 Å². The normalized spacial score (nSPS) is 17.5. The molecule has 0 spiro atoms. The summed E-state index contributed by atoms with van der Waals surface area (Å²) in [5.41, 5.74) is 0.313. The average Bonchev–Trinajstić information content (AvgIpc) is 2.93. The van der Waals surface area contributed by atoms with Gasteiger partial charge in [-0.1, -0.05) is 12.1 Å². The molecule has 2 aliphatic rings. The third kappa shape index (κ3) is 5.45. The van der Waals surface area contributed by atoms with E-state index in [-0.39, 0.29) is 28.7 Å². The number of piperazine rings is 1. The van der Waals surface area contributed by atoms with Crippen LogP contribution in [0.25, 0.3) is 0 Å². The summed E-state index contributed by atoms with van der Waals surface area (Å²) in [6, 6.07) is 12.6. The number of hydrogen-bond acceptors (Lipinski definition) is 6. The number of para-hydroxylation sites is 1. The fourth-order valence-corrected chi connectivity index (χ4v) is 5.66. The van der Waals surface area contributed by atoms with E-state index in [9.17, 15) is 27.5 Å². The number of carboxylic acid groups (broad SMARTS) is 1. The lowest BCUT2D eigenvalue weighted by atomic mass is 9.97. The quantitative estimate of drug-likeness (QED) is 0.275. The van der Waals surface area contributed by atoms with E-state index in [4.69, 9.17) is 0 Å². The minimum absolute atomic E-state index is 0.0290. The number of carboxylic acids is 1. The molecular weight excluding hydrogens is 551 g/mol. The van der Waals surface area contributed by atoms with Crippen LogP contribution in [0.3, 0.4) is 0 Å². The lowest BCUT2D eigenvalue weighted by Crippen LogP contribution is -2.55. The van der Waals surface area contributed by atoms with Gasteiger partial charge in [0.1, 0.15) is 17.3 Å². The Hall–Kier alpha value is -3.80. The van der Waals surface area contributed by atoms with E-state index in [1.165, 1.54) is 47.0 Å². The molecule has 0 saturated carbocycles. The van der Waals surface area contributed by atoms with Crippen LogP contribution in [0.5, 0.6) is 0 Å². The molecule has 0 bridgehead atoms. The number of aliphatic carboxylic acids is 1. The van der Waals surface area contributed by atoms with E-state index >= 15 is 4.39 Å². The van der Waals surface area contributed by atoms with Crippen LogP contribution in [0.2, 0.25) is 0 Å². The molecule has 1 atom stereocenters. The molecule has 0 aliphatic carbocycles. The molecule has 12 heteroatoms. The first-order chi connectivity index (χ1) is 19.1. The van der Waals surface area contributed by atoms with Crippen molar-refractivity contribution in [1.82, 2.24) is 4.90 Å². The van der Waals surface area contributed by atoms with E-state index in [0.717, 1.165) is 17.8 Å². The summed E-state index contributed by atoms with van der Waals surface area (Å²) in [6.07, 6.45) is -3.41. The number of thioether (sulfide) groups is 1. The number of aliphatic imine (C=N–C) groups is 1. The standard InChI is InChI=1S/C28H25F5N4O2S/c1-40-24-10-5-17(28(31,32)33)15-23(24)37-22(16-25(38)39)20-3-2-4-21(30)26(20)34-27(37)36-13-11-35(12-14-36)19-8-6-18(29)7-9-19/h2-10,15,22H,11-14,16H2,1H3,(H,38,39). The van der Waals surface area contributed by atoms with Crippen molar-refractivity contribution in [3.63, 3.8) is 0 Å². The van der Waals surface area contributed by atoms with Crippen LogP contribution in [0, 0.1) is 11.6 Å². The first-order valence-corrected chi connectivity index (χ1v) is 13.7. The van der Waals surface area contributed by atoms with Crippen molar-refractivity contribution in [2.75, 3.05) is 42.2 Å². The smallest absolute Gasteiger partial charge is 0.416 e. The molecule has 1 fully saturated rings. The highest BCUT2D eigenvalue weighted by atomic mass is 32.2. The number of anilines is 2. The Balaban J connectivity index is 1.61. The number of alkyl halides is 3. The van der Waals surface area contributed by atoms with Gasteiger partial charge in [-0.3, -0.25) is 4.79 Å². The van der Waals surface area contributed by atoms with Gasteiger partial charge in [0.15, 0.2) is 0 Å². The second-order valence-electron chi connectivity index (χ2n) is 9.41. The zero-order valence-electron chi connectivity index (χ0n) is 21.3. The molecule has 2 heterocycles. The van der Waals surface area contributed by atoms with Crippen molar-refractivity contribution >= 4 is 40.8 Å². The molecule has 0 radical (unpaired) electrons. The predicted octanol–water partition coefficient (Wildman–Crippen LogP) is 6.55. The predicted molar refractivity (Wildman–Crippen MR) is 144 cm³/mol. The highest BCUT2D eigenvalue weighted by molar-refractivity contribution is 7.98. The second kappa shape index (κ2) is 11.0. The summed E-state index contributed by atoms with van der Waals surface area (Å²) in [5, 5.41) is 9.82. The maximum Gasteiger partial charge on any atom is 0.416 e. The Morgan fingerprint density at radius 3 is 2.30 bits per heavy atom. The van der Waals surface area contributed by atoms with Crippen LogP contribution in [0.4, 0.5) is 39.0 Å². The van der Waals surface area contributed by atoms with Crippen LogP contribution in [-0.2, 0) is 11.0 Å². The zero-order chi connectivity index (χ0) is 28.6. The maximum atomic E-state index is 15.1. The van der Waals surface area contributed by atoms with Crippen molar-refractivity contribution in [3.05, 3.63) is 83.4 Å². The molecular formula is C28H25F5N4O2S. The molecule has 6 nitrogen and oxygen atoms in total. The Morgan fingerprint density at radius 1 is 1.00 bits per heavy atom. The van der Waals surface area contributed by atoms with E-state index in [1.807, 2.05) is 9.80 Å². The Morgan fingerprint density at radius 2 is 1.68 bits per heavy atom. The molecule has 40 heavy (non-hydrogen) atoms. The third-order valence-electron chi connectivity index (χ3n) is 7.00. The zero-order valence-corrected chi connectivity index (χ0v) is 22.1.